The van der Waals surface area contributed by atoms with Crippen LogP contribution in [-0.4, -0.2) is 17.9 Å². The van der Waals surface area contributed by atoms with Crippen molar-refractivity contribution < 1.29 is 14.7 Å². The Kier molecular flexibility index (Phi) is 4.12. The molecule has 0 aromatic rings. The maximum absolute atomic E-state index is 10.9. The molecule has 0 aliphatic heterocycles. The number of aliphatic carboxylic acids is 1. The van der Waals surface area contributed by atoms with Gasteiger partial charge in [0, 0.05) is 18.9 Å². The van der Waals surface area contributed by atoms with Gasteiger partial charge in [0.15, 0.2) is 0 Å². The van der Waals surface area contributed by atoms with Crippen molar-refractivity contribution >= 4 is 11.9 Å². The van der Waals surface area contributed by atoms with E-state index in [1.165, 1.54) is 6.92 Å². The molecule has 0 spiro atoms. The Morgan fingerprint density at radius 3 is 2.20 bits per heavy atom. The molecule has 1 unspecified atom stereocenters. The lowest BCUT2D eigenvalue weighted by atomic mass is 9.79. The molecule has 0 aromatic carbocycles. The van der Waals surface area contributed by atoms with Gasteiger partial charge in [0.05, 0.1) is 0 Å². The van der Waals surface area contributed by atoms with Gasteiger partial charge in [-0.15, -0.1) is 0 Å². The first-order valence-electron chi connectivity index (χ1n) is 5.48. The predicted molar refractivity (Wildman–Crippen MR) is 53.7 cm³/mol. The summed E-state index contributed by atoms with van der Waals surface area (Å²) in [6.45, 7) is 3.48. The molecule has 1 fully saturated rings. The van der Waals surface area contributed by atoms with E-state index in [-0.39, 0.29) is 17.9 Å². The smallest absolute Gasteiger partial charge is 0.217 e. The maximum atomic E-state index is 10.9. The monoisotopic (exact) mass is 212 g/mol. The summed E-state index contributed by atoms with van der Waals surface area (Å²) in [5, 5.41) is 13.5. The quantitative estimate of drug-likeness (QED) is 0.719. The van der Waals surface area contributed by atoms with Crippen LogP contribution in [0.5, 0.6) is 0 Å². The zero-order chi connectivity index (χ0) is 11.4. The van der Waals surface area contributed by atoms with Crippen LogP contribution in [0.15, 0.2) is 0 Å². The average molecular weight is 212 g/mol. The second-order valence-corrected chi connectivity index (χ2v) is 4.42. The van der Waals surface area contributed by atoms with Gasteiger partial charge < -0.3 is 15.2 Å². The number of hydrogen-bond donors (Lipinski definition) is 1. The second kappa shape index (κ2) is 5.14. The summed E-state index contributed by atoms with van der Waals surface area (Å²) >= 11 is 0. The van der Waals surface area contributed by atoms with Gasteiger partial charge in [0.2, 0.25) is 5.91 Å². The van der Waals surface area contributed by atoms with Crippen molar-refractivity contribution in [1.82, 2.24) is 5.32 Å². The standard InChI is InChI=1S/C11H19NO3/c1-7(12-8(2)13)9-3-5-10(6-4-9)11(14)15/h7,9-10H,3-6H2,1-2H3,(H,12,13)(H,14,15)/p-1. The summed E-state index contributed by atoms with van der Waals surface area (Å²) in [6.07, 6.45) is 3.08. The van der Waals surface area contributed by atoms with Gasteiger partial charge in [0.1, 0.15) is 0 Å². The highest BCUT2D eigenvalue weighted by atomic mass is 16.4. The third-order valence-corrected chi connectivity index (χ3v) is 3.24. The van der Waals surface area contributed by atoms with Crippen LogP contribution in [-0.2, 0) is 9.59 Å². The molecule has 86 valence electrons. The Balaban J connectivity index is 2.36. The van der Waals surface area contributed by atoms with Gasteiger partial charge in [-0.25, -0.2) is 0 Å². The number of carboxylic acids is 1. The number of carboxylic acid groups (broad SMARTS) is 1. The minimum atomic E-state index is -0.930. The van der Waals surface area contributed by atoms with Crippen LogP contribution in [0.3, 0.4) is 0 Å². The van der Waals surface area contributed by atoms with Gasteiger partial charge in [0.25, 0.3) is 0 Å². The lowest BCUT2D eigenvalue weighted by molar-refractivity contribution is -0.312. The van der Waals surface area contributed by atoms with E-state index in [0.29, 0.717) is 18.8 Å². The first-order chi connectivity index (χ1) is 7.00. The molecule has 1 atom stereocenters. The van der Waals surface area contributed by atoms with Crippen LogP contribution in [0.25, 0.3) is 0 Å². The fraction of sp³-hybridized carbons (Fsp3) is 0.818. The van der Waals surface area contributed by atoms with Crippen LogP contribution in [0.1, 0.15) is 39.5 Å². The Bertz CT molecular complexity index is 244. The van der Waals surface area contributed by atoms with Crippen molar-refractivity contribution in [3.05, 3.63) is 0 Å². The number of rotatable bonds is 3. The minimum Gasteiger partial charge on any atom is -0.550 e. The highest BCUT2D eigenvalue weighted by Crippen LogP contribution is 2.30. The average Bonchev–Trinajstić information content (AvgIpc) is 2.17. The summed E-state index contributed by atoms with van der Waals surface area (Å²) in [5.74, 6) is -0.833. The molecule has 1 amide bonds. The molecule has 15 heavy (non-hydrogen) atoms. The zero-order valence-corrected chi connectivity index (χ0v) is 9.29. The van der Waals surface area contributed by atoms with Crippen molar-refractivity contribution in [3.8, 4) is 0 Å². The highest BCUT2D eigenvalue weighted by Gasteiger charge is 2.25. The Hall–Kier alpha value is -1.06. The van der Waals surface area contributed by atoms with E-state index < -0.39 is 5.97 Å². The van der Waals surface area contributed by atoms with Crippen LogP contribution in [0, 0.1) is 11.8 Å². The maximum Gasteiger partial charge on any atom is 0.217 e. The summed E-state index contributed by atoms with van der Waals surface area (Å²) in [4.78, 5) is 21.5. The molecule has 0 saturated heterocycles. The first kappa shape index (κ1) is 12.0. The summed E-state index contributed by atoms with van der Waals surface area (Å²) in [6, 6.07) is 0.144. The topological polar surface area (TPSA) is 69.2 Å². The second-order valence-electron chi connectivity index (χ2n) is 4.42. The number of amides is 1. The third-order valence-electron chi connectivity index (χ3n) is 3.24. The molecule has 0 aromatic heterocycles. The molecule has 1 aliphatic rings. The van der Waals surface area contributed by atoms with Gasteiger partial charge >= 0.3 is 0 Å². The third kappa shape index (κ3) is 3.53. The fourth-order valence-electron chi connectivity index (χ4n) is 2.29. The van der Waals surface area contributed by atoms with Gasteiger partial charge in [-0.1, -0.05) is 0 Å². The van der Waals surface area contributed by atoms with Crippen molar-refractivity contribution in [2.75, 3.05) is 0 Å². The van der Waals surface area contributed by atoms with Crippen LogP contribution < -0.4 is 10.4 Å². The van der Waals surface area contributed by atoms with Gasteiger partial charge in [-0.3, -0.25) is 4.79 Å². The number of nitrogens with one attached hydrogen (secondary N) is 1. The van der Waals surface area contributed by atoms with Crippen LogP contribution in [0.4, 0.5) is 0 Å². The van der Waals surface area contributed by atoms with Crippen LogP contribution in [0.2, 0.25) is 0 Å². The van der Waals surface area contributed by atoms with E-state index >= 15 is 0 Å². The summed E-state index contributed by atoms with van der Waals surface area (Å²) in [7, 11) is 0. The van der Waals surface area contributed by atoms with E-state index in [4.69, 9.17) is 0 Å². The van der Waals surface area contributed by atoms with Gasteiger partial charge in [-0.05, 0) is 44.4 Å². The van der Waals surface area contributed by atoms with E-state index in [0.717, 1.165) is 12.8 Å². The molecule has 0 radical (unpaired) electrons. The Labute approximate surface area is 90.0 Å². The van der Waals surface area contributed by atoms with E-state index in [1.54, 1.807) is 0 Å². The van der Waals surface area contributed by atoms with E-state index in [9.17, 15) is 14.7 Å². The predicted octanol–water partition coefficient (Wildman–Crippen LogP) is 0.0673. The van der Waals surface area contributed by atoms with Crippen molar-refractivity contribution in [2.24, 2.45) is 11.8 Å². The highest BCUT2D eigenvalue weighted by molar-refractivity contribution is 5.73. The molecule has 0 heterocycles. The van der Waals surface area contributed by atoms with Gasteiger partial charge in [-0.2, -0.15) is 0 Å². The number of carbonyl (C=O) groups excluding carboxylic acids is 2. The molecular weight excluding hydrogens is 194 g/mol. The molecule has 1 N–H and O–H groups in total. The Morgan fingerprint density at radius 1 is 1.27 bits per heavy atom. The zero-order valence-electron chi connectivity index (χ0n) is 9.29. The lowest BCUT2D eigenvalue weighted by Crippen LogP contribution is -2.40. The molecular formula is C11H18NO3-. The number of carbonyl (C=O) groups is 2. The lowest BCUT2D eigenvalue weighted by Gasteiger charge is -2.32. The van der Waals surface area contributed by atoms with Crippen LogP contribution >= 0.6 is 0 Å². The minimum absolute atomic E-state index is 0.0236. The van der Waals surface area contributed by atoms with E-state index in [2.05, 4.69) is 5.32 Å². The number of hydrogen-bond acceptors (Lipinski definition) is 3. The first-order valence-corrected chi connectivity index (χ1v) is 5.48. The fourth-order valence-corrected chi connectivity index (χ4v) is 2.29. The molecule has 4 heteroatoms. The molecule has 1 rings (SSSR count). The molecule has 0 bridgehead atoms. The van der Waals surface area contributed by atoms with Crippen molar-refractivity contribution in [1.29, 1.82) is 0 Å². The molecule has 1 aliphatic carbocycles. The van der Waals surface area contributed by atoms with E-state index in [1.807, 2.05) is 6.92 Å². The van der Waals surface area contributed by atoms with Crippen molar-refractivity contribution in [2.45, 2.75) is 45.6 Å². The SMILES string of the molecule is CC(=O)NC(C)C1CCC(C(=O)[O-])CC1. The Morgan fingerprint density at radius 2 is 1.80 bits per heavy atom. The summed E-state index contributed by atoms with van der Waals surface area (Å²) < 4.78 is 0. The normalized spacial score (nSPS) is 28.1. The largest absolute Gasteiger partial charge is 0.550 e. The molecule has 1 saturated carbocycles. The van der Waals surface area contributed by atoms with Crippen molar-refractivity contribution in [3.63, 3.8) is 0 Å². The molecule has 4 nitrogen and oxygen atoms in total. The summed E-state index contributed by atoms with van der Waals surface area (Å²) in [5.41, 5.74) is 0.